The maximum Gasteiger partial charge on any atom is 0.338 e. The van der Waals surface area contributed by atoms with E-state index in [9.17, 15) is 9.59 Å². The molecule has 3 rings (SSSR count). The standard InChI is InChI=1S/C24H20O4S2/c1-5-15-11-17(13-21(19(15)6-2)23(25)27-3)29-30-18-12-16-9-7-8-10-20(16)22(14-18)24(26)28-4/h5-14H,1-2H2,3-4H3. The van der Waals surface area contributed by atoms with Gasteiger partial charge in [0.15, 0.2) is 0 Å². The van der Waals surface area contributed by atoms with E-state index >= 15 is 0 Å². The molecule has 0 N–H and O–H groups in total. The fourth-order valence-electron chi connectivity index (χ4n) is 3.08. The minimum Gasteiger partial charge on any atom is -0.465 e. The summed E-state index contributed by atoms with van der Waals surface area (Å²) in [6, 6.07) is 15.2. The summed E-state index contributed by atoms with van der Waals surface area (Å²) in [6.07, 6.45) is 3.31. The van der Waals surface area contributed by atoms with Gasteiger partial charge in [-0.2, -0.15) is 0 Å². The molecule has 0 radical (unpaired) electrons. The molecule has 0 aromatic heterocycles. The van der Waals surface area contributed by atoms with Gasteiger partial charge >= 0.3 is 11.9 Å². The second-order valence-electron chi connectivity index (χ2n) is 6.22. The van der Waals surface area contributed by atoms with Crippen LogP contribution in [-0.4, -0.2) is 26.2 Å². The Morgan fingerprint density at radius 2 is 1.43 bits per heavy atom. The Labute approximate surface area is 183 Å². The summed E-state index contributed by atoms with van der Waals surface area (Å²) in [4.78, 5) is 26.2. The van der Waals surface area contributed by atoms with Crippen LogP contribution in [-0.2, 0) is 9.47 Å². The number of carbonyl (C=O) groups is 2. The van der Waals surface area contributed by atoms with Crippen LogP contribution in [0.1, 0.15) is 31.8 Å². The Bertz CT molecular complexity index is 1150. The van der Waals surface area contributed by atoms with Crippen LogP contribution in [0.25, 0.3) is 22.9 Å². The molecule has 0 unspecified atom stereocenters. The van der Waals surface area contributed by atoms with E-state index in [0.29, 0.717) is 16.7 Å². The SMILES string of the molecule is C=Cc1cc(SSc2cc(C(=O)OC)c3ccccc3c2)cc(C(=O)OC)c1C=C. The average Bonchev–Trinajstić information content (AvgIpc) is 2.80. The molecule has 0 aliphatic rings. The van der Waals surface area contributed by atoms with Crippen LogP contribution in [0.4, 0.5) is 0 Å². The Balaban J connectivity index is 1.98. The van der Waals surface area contributed by atoms with Crippen molar-refractivity contribution in [2.45, 2.75) is 9.79 Å². The van der Waals surface area contributed by atoms with Gasteiger partial charge in [0.1, 0.15) is 0 Å². The molecule has 0 aliphatic heterocycles. The van der Waals surface area contributed by atoms with Gasteiger partial charge in [-0.3, -0.25) is 0 Å². The van der Waals surface area contributed by atoms with Gasteiger partial charge < -0.3 is 9.47 Å². The van der Waals surface area contributed by atoms with Gasteiger partial charge in [-0.05, 0) is 46.2 Å². The second kappa shape index (κ2) is 9.69. The van der Waals surface area contributed by atoms with Crippen molar-refractivity contribution in [2.24, 2.45) is 0 Å². The van der Waals surface area contributed by atoms with Gasteiger partial charge in [0.2, 0.25) is 0 Å². The van der Waals surface area contributed by atoms with E-state index in [-0.39, 0.29) is 5.97 Å². The van der Waals surface area contributed by atoms with Crippen LogP contribution in [0.2, 0.25) is 0 Å². The third-order valence-corrected chi connectivity index (χ3v) is 6.83. The summed E-state index contributed by atoms with van der Waals surface area (Å²) in [7, 11) is 5.68. The number of esters is 2. The van der Waals surface area contributed by atoms with Gasteiger partial charge in [-0.25, -0.2) is 9.59 Å². The largest absolute Gasteiger partial charge is 0.465 e. The quantitative estimate of drug-likeness (QED) is 0.311. The predicted octanol–water partition coefficient (Wildman–Crippen LogP) is 6.50. The normalized spacial score (nSPS) is 10.5. The van der Waals surface area contributed by atoms with E-state index in [1.54, 1.807) is 18.2 Å². The van der Waals surface area contributed by atoms with Gasteiger partial charge in [-0.15, -0.1) is 0 Å². The molecule has 0 heterocycles. The summed E-state index contributed by atoms with van der Waals surface area (Å²) in [6.45, 7) is 7.62. The lowest BCUT2D eigenvalue weighted by Crippen LogP contribution is -2.05. The first-order valence-electron chi connectivity index (χ1n) is 8.99. The van der Waals surface area contributed by atoms with Gasteiger partial charge in [0, 0.05) is 9.79 Å². The highest BCUT2D eigenvalue weighted by molar-refractivity contribution is 8.76. The van der Waals surface area contributed by atoms with Crippen molar-refractivity contribution in [1.29, 1.82) is 0 Å². The fraction of sp³-hybridized carbons (Fsp3) is 0.0833. The molecule has 3 aromatic carbocycles. The van der Waals surface area contributed by atoms with Crippen molar-refractivity contribution >= 4 is 56.5 Å². The number of rotatable bonds is 7. The van der Waals surface area contributed by atoms with Crippen molar-refractivity contribution < 1.29 is 19.1 Å². The first kappa shape index (κ1) is 21.7. The molecule has 30 heavy (non-hydrogen) atoms. The minimum absolute atomic E-state index is 0.379. The number of fused-ring (bicyclic) bond motifs is 1. The smallest absolute Gasteiger partial charge is 0.338 e. The monoisotopic (exact) mass is 436 g/mol. The maximum atomic E-state index is 12.3. The second-order valence-corrected chi connectivity index (χ2v) is 8.50. The van der Waals surface area contributed by atoms with E-state index in [0.717, 1.165) is 26.1 Å². The third-order valence-electron chi connectivity index (χ3n) is 4.49. The van der Waals surface area contributed by atoms with Crippen molar-refractivity contribution in [3.8, 4) is 0 Å². The Kier molecular flexibility index (Phi) is 7.03. The maximum absolute atomic E-state index is 12.3. The van der Waals surface area contributed by atoms with Gasteiger partial charge in [0.25, 0.3) is 0 Å². The molecule has 0 amide bonds. The molecule has 3 aromatic rings. The summed E-state index contributed by atoms with van der Waals surface area (Å²) in [5.41, 5.74) is 2.43. The molecule has 0 spiro atoms. The number of methoxy groups -OCH3 is 2. The number of ether oxygens (including phenoxy) is 2. The van der Waals surface area contributed by atoms with Gasteiger partial charge in [-0.1, -0.05) is 71.2 Å². The van der Waals surface area contributed by atoms with E-state index < -0.39 is 5.97 Å². The van der Waals surface area contributed by atoms with Gasteiger partial charge in [0.05, 0.1) is 25.3 Å². The van der Waals surface area contributed by atoms with Crippen molar-refractivity contribution in [3.05, 3.63) is 83.9 Å². The molecule has 0 aliphatic carbocycles. The molecule has 6 heteroatoms. The molecule has 0 fully saturated rings. The Hall–Kier alpha value is -2.96. The van der Waals surface area contributed by atoms with E-state index in [4.69, 9.17) is 9.47 Å². The lowest BCUT2D eigenvalue weighted by Gasteiger charge is -2.12. The zero-order valence-electron chi connectivity index (χ0n) is 16.6. The Morgan fingerprint density at radius 1 is 0.833 bits per heavy atom. The first-order valence-corrected chi connectivity index (χ1v) is 11.1. The molecule has 0 saturated heterocycles. The predicted molar refractivity (Wildman–Crippen MR) is 125 cm³/mol. The molecular formula is C24H20O4S2. The van der Waals surface area contributed by atoms with Crippen LogP contribution in [0, 0.1) is 0 Å². The molecule has 152 valence electrons. The minimum atomic E-state index is -0.431. The summed E-state index contributed by atoms with van der Waals surface area (Å²) in [5, 5.41) is 1.79. The molecule has 4 nitrogen and oxygen atoms in total. The van der Waals surface area contributed by atoms with E-state index in [1.165, 1.54) is 35.8 Å². The zero-order chi connectivity index (χ0) is 21.7. The van der Waals surface area contributed by atoms with E-state index in [1.807, 2.05) is 42.5 Å². The topological polar surface area (TPSA) is 52.6 Å². The van der Waals surface area contributed by atoms with Crippen LogP contribution in [0.3, 0.4) is 0 Å². The van der Waals surface area contributed by atoms with Crippen LogP contribution in [0.5, 0.6) is 0 Å². The van der Waals surface area contributed by atoms with Crippen LogP contribution < -0.4 is 0 Å². The summed E-state index contributed by atoms with van der Waals surface area (Å²) < 4.78 is 9.86. The number of hydrogen-bond donors (Lipinski definition) is 0. The number of benzene rings is 3. The highest BCUT2D eigenvalue weighted by Crippen LogP contribution is 2.41. The highest BCUT2D eigenvalue weighted by Gasteiger charge is 2.16. The summed E-state index contributed by atoms with van der Waals surface area (Å²) in [5.74, 6) is -0.810. The molecule has 0 saturated carbocycles. The number of carbonyl (C=O) groups excluding carboxylic acids is 2. The molecule has 0 atom stereocenters. The highest BCUT2D eigenvalue weighted by atomic mass is 33.1. The molecule has 0 bridgehead atoms. The lowest BCUT2D eigenvalue weighted by molar-refractivity contribution is 0.0592. The van der Waals surface area contributed by atoms with Crippen molar-refractivity contribution in [2.75, 3.05) is 14.2 Å². The van der Waals surface area contributed by atoms with Crippen LogP contribution >= 0.6 is 21.6 Å². The number of hydrogen-bond acceptors (Lipinski definition) is 6. The average molecular weight is 437 g/mol. The van der Waals surface area contributed by atoms with E-state index in [2.05, 4.69) is 13.2 Å². The first-order chi connectivity index (χ1) is 14.5. The van der Waals surface area contributed by atoms with Crippen molar-refractivity contribution in [1.82, 2.24) is 0 Å². The Morgan fingerprint density at radius 3 is 2.07 bits per heavy atom. The zero-order valence-corrected chi connectivity index (χ0v) is 18.3. The van der Waals surface area contributed by atoms with Crippen LogP contribution in [0.15, 0.2) is 71.5 Å². The summed E-state index contributed by atoms with van der Waals surface area (Å²) >= 11 is 0. The van der Waals surface area contributed by atoms with Crippen molar-refractivity contribution in [3.63, 3.8) is 0 Å². The fourth-order valence-corrected chi connectivity index (χ4v) is 5.11. The third kappa shape index (κ3) is 4.45. The lowest BCUT2D eigenvalue weighted by atomic mass is 10.0. The molecular weight excluding hydrogens is 416 g/mol.